The first-order valence-electron chi connectivity index (χ1n) is 12.5. The topological polar surface area (TPSA) is 129 Å². The average Bonchev–Trinajstić information content (AvgIpc) is 3.19. The first-order chi connectivity index (χ1) is 16.8. The van der Waals surface area contributed by atoms with Crippen LogP contribution in [0.5, 0.6) is 0 Å². The molecule has 8 nitrogen and oxygen atoms in total. The van der Waals surface area contributed by atoms with E-state index in [1.807, 2.05) is 27.7 Å². The van der Waals surface area contributed by atoms with Gasteiger partial charge in [-0.2, -0.15) is 0 Å². The predicted molar refractivity (Wildman–Crippen MR) is 140 cm³/mol. The van der Waals surface area contributed by atoms with Crippen LogP contribution >= 0.6 is 11.3 Å². The van der Waals surface area contributed by atoms with Crippen molar-refractivity contribution in [1.82, 2.24) is 10.3 Å². The van der Waals surface area contributed by atoms with E-state index >= 15 is 0 Å². The summed E-state index contributed by atoms with van der Waals surface area (Å²) in [6.07, 6.45) is 1.34. The monoisotopic (exact) mass is 535 g/mol. The Morgan fingerprint density at radius 3 is 2.53 bits per heavy atom. The van der Waals surface area contributed by atoms with Crippen LogP contribution in [-0.4, -0.2) is 48.3 Å². The molecule has 198 valence electrons. The van der Waals surface area contributed by atoms with E-state index in [0.717, 1.165) is 16.1 Å². The van der Waals surface area contributed by atoms with Crippen LogP contribution in [0.1, 0.15) is 69.0 Å². The van der Waals surface area contributed by atoms with Crippen LogP contribution in [0.2, 0.25) is 0 Å². The first-order valence-corrected chi connectivity index (χ1v) is 14.8. The van der Waals surface area contributed by atoms with Crippen molar-refractivity contribution in [2.24, 2.45) is 16.7 Å². The Labute approximate surface area is 217 Å². The van der Waals surface area contributed by atoms with Gasteiger partial charge in [-0.3, -0.25) is 9.52 Å². The number of carbonyl (C=O) groups excluding carboxylic acids is 1. The molecule has 0 bridgehead atoms. The molecule has 0 saturated heterocycles. The molecule has 2 aromatic rings. The summed E-state index contributed by atoms with van der Waals surface area (Å²) in [5, 5.41) is 24.5. The van der Waals surface area contributed by atoms with Gasteiger partial charge in [0.1, 0.15) is 0 Å². The SMILES string of the molecule is Cc1ccc(S(=O)(=O)Nc2nc3c(s2)CC2C(C)(CO)C(O)CCC2(C)C3CC(=O)NC(C)C)cc1. The molecule has 36 heavy (non-hydrogen) atoms. The molecule has 2 aliphatic rings. The minimum Gasteiger partial charge on any atom is -0.396 e. The zero-order chi connectivity index (χ0) is 26.5. The van der Waals surface area contributed by atoms with Gasteiger partial charge < -0.3 is 15.5 Å². The highest BCUT2D eigenvalue weighted by atomic mass is 32.2. The van der Waals surface area contributed by atoms with Gasteiger partial charge in [0.25, 0.3) is 10.0 Å². The largest absolute Gasteiger partial charge is 0.396 e. The van der Waals surface area contributed by atoms with Gasteiger partial charge in [0.05, 0.1) is 23.3 Å². The number of carbonyl (C=O) groups is 1. The number of aliphatic hydroxyl groups excluding tert-OH is 2. The van der Waals surface area contributed by atoms with Crippen LogP contribution in [0.4, 0.5) is 5.13 Å². The zero-order valence-corrected chi connectivity index (χ0v) is 23.2. The number of fused-ring (bicyclic) bond motifs is 2. The number of nitrogens with zero attached hydrogens (tertiary/aromatic N) is 1. The lowest BCUT2D eigenvalue weighted by molar-refractivity contribution is -0.144. The molecule has 4 rings (SSSR count). The summed E-state index contributed by atoms with van der Waals surface area (Å²) in [5.74, 6) is -0.447. The summed E-state index contributed by atoms with van der Waals surface area (Å²) in [7, 11) is -3.82. The molecule has 1 fully saturated rings. The molecule has 0 spiro atoms. The lowest BCUT2D eigenvalue weighted by Gasteiger charge is -2.58. The normalized spacial score (nSPS) is 29.9. The Morgan fingerprint density at radius 1 is 1.25 bits per heavy atom. The summed E-state index contributed by atoms with van der Waals surface area (Å²) < 4.78 is 28.7. The lowest BCUT2D eigenvalue weighted by atomic mass is 9.47. The fourth-order valence-electron chi connectivity index (χ4n) is 6.15. The smallest absolute Gasteiger partial charge is 0.263 e. The van der Waals surface area contributed by atoms with Crippen molar-refractivity contribution in [2.45, 2.75) is 83.3 Å². The molecule has 0 aliphatic heterocycles. The van der Waals surface area contributed by atoms with Gasteiger partial charge in [0, 0.05) is 28.7 Å². The first kappa shape index (κ1) is 27.0. The molecule has 4 N–H and O–H groups in total. The van der Waals surface area contributed by atoms with Crippen LogP contribution < -0.4 is 10.0 Å². The number of benzene rings is 1. The molecular weight excluding hydrogens is 498 g/mol. The number of hydrogen-bond donors (Lipinski definition) is 4. The van der Waals surface area contributed by atoms with Gasteiger partial charge in [-0.15, -0.1) is 11.3 Å². The maximum atomic E-state index is 13.0. The molecule has 1 saturated carbocycles. The highest BCUT2D eigenvalue weighted by molar-refractivity contribution is 7.93. The Balaban J connectivity index is 1.74. The van der Waals surface area contributed by atoms with Crippen molar-refractivity contribution in [3.8, 4) is 0 Å². The summed E-state index contributed by atoms with van der Waals surface area (Å²) >= 11 is 1.28. The molecule has 0 radical (unpaired) electrons. The Morgan fingerprint density at radius 2 is 1.92 bits per heavy atom. The second-order valence-corrected chi connectivity index (χ2v) is 14.0. The van der Waals surface area contributed by atoms with Gasteiger partial charge in [0.15, 0.2) is 5.13 Å². The van der Waals surface area contributed by atoms with Crippen LogP contribution in [0.25, 0.3) is 0 Å². The van der Waals surface area contributed by atoms with E-state index in [0.29, 0.717) is 19.3 Å². The van der Waals surface area contributed by atoms with Gasteiger partial charge >= 0.3 is 0 Å². The number of aryl methyl sites for hydroxylation is 1. The highest BCUT2D eigenvalue weighted by Gasteiger charge is 2.59. The average molecular weight is 536 g/mol. The molecule has 2 aliphatic carbocycles. The van der Waals surface area contributed by atoms with Gasteiger partial charge in [0.2, 0.25) is 5.91 Å². The number of amides is 1. The quantitative estimate of drug-likeness (QED) is 0.429. The van der Waals surface area contributed by atoms with E-state index in [1.165, 1.54) is 11.3 Å². The lowest BCUT2D eigenvalue weighted by Crippen LogP contribution is -2.57. The minimum atomic E-state index is -3.82. The number of aromatic nitrogens is 1. The molecule has 5 unspecified atom stereocenters. The third-order valence-corrected chi connectivity index (χ3v) is 10.8. The zero-order valence-electron chi connectivity index (χ0n) is 21.5. The second-order valence-electron chi connectivity index (χ2n) is 11.2. The molecule has 1 amide bonds. The standard InChI is InChI=1S/C26H37N3O5S2/c1-15(2)27-22(32)12-18-23-19(13-20-25(18,4)11-10-21(31)26(20,5)14-30)35-24(28-23)29-36(33,34)17-8-6-16(3)7-9-17/h6-9,15,18,20-21,30-31H,10-14H2,1-5H3,(H,27,32)(H,28,29). The van der Waals surface area contributed by atoms with Crippen molar-refractivity contribution in [2.75, 3.05) is 11.3 Å². The third-order valence-electron chi connectivity index (χ3n) is 8.29. The predicted octanol–water partition coefficient (Wildman–Crippen LogP) is 3.58. The second kappa shape index (κ2) is 9.70. The molecule has 1 aromatic heterocycles. The summed E-state index contributed by atoms with van der Waals surface area (Å²) in [5.41, 5.74) is 0.587. The number of hydrogen-bond acceptors (Lipinski definition) is 7. The Bertz CT molecular complexity index is 1230. The van der Waals surface area contributed by atoms with E-state index in [2.05, 4.69) is 17.0 Å². The van der Waals surface area contributed by atoms with Gasteiger partial charge in [-0.05, 0) is 63.5 Å². The van der Waals surface area contributed by atoms with Crippen LogP contribution in [-0.2, 0) is 21.2 Å². The molecule has 1 heterocycles. The Kier molecular flexibility index (Phi) is 7.29. The van der Waals surface area contributed by atoms with Crippen molar-refractivity contribution in [1.29, 1.82) is 0 Å². The molecule has 10 heteroatoms. The van der Waals surface area contributed by atoms with Gasteiger partial charge in [-0.1, -0.05) is 31.5 Å². The maximum Gasteiger partial charge on any atom is 0.263 e. The summed E-state index contributed by atoms with van der Waals surface area (Å²) in [6, 6.07) is 6.61. The maximum absolute atomic E-state index is 13.0. The molecule has 1 aromatic carbocycles. The minimum absolute atomic E-state index is 0.00707. The van der Waals surface area contributed by atoms with Gasteiger partial charge in [-0.25, -0.2) is 13.4 Å². The number of thiazole rings is 1. The van der Waals surface area contributed by atoms with E-state index < -0.39 is 21.5 Å². The number of anilines is 1. The number of sulfonamides is 1. The van der Waals surface area contributed by atoms with E-state index in [1.54, 1.807) is 24.3 Å². The van der Waals surface area contributed by atoms with Crippen molar-refractivity contribution in [3.63, 3.8) is 0 Å². The van der Waals surface area contributed by atoms with Crippen molar-refractivity contribution < 1.29 is 23.4 Å². The third kappa shape index (κ3) is 4.80. The summed E-state index contributed by atoms with van der Waals surface area (Å²) in [6.45, 7) is 9.59. The van der Waals surface area contributed by atoms with E-state index in [4.69, 9.17) is 4.98 Å². The summed E-state index contributed by atoms with van der Waals surface area (Å²) in [4.78, 5) is 18.7. The van der Waals surface area contributed by atoms with Crippen LogP contribution in [0, 0.1) is 23.7 Å². The van der Waals surface area contributed by atoms with Crippen molar-refractivity contribution in [3.05, 3.63) is 40.4 Å². The molecular formula is C26H37N3O5S2. The number of aliphatic hydroxyl groups is 2. The fourth-order valence-corrected chi connectivity index (χ4v) is 8.45. The van der Waals surface area contributed by atoms with E-state index in [9.17, 15) is 23.4 Å². The number of rotatable bonds is 7. The number of nitrogens with one attached hydrogen (secondary N) is 2. The highest BCUT2D eigenvalue weighted by Crippen LogP contribution is 2.62. The van der Waals surface area contributed by atoms with Crippen molar-refractivity contribution >= 4 is 32.4 Å². The fraction of sp³-hybridized carbons (Fsp3) is 0.615. The Hall–Kier alpha value is -2.01. The van der Waals surface area contributed by atoms with Crippen LogP contribution in [0.15, 0.2) is 29.2 Å². The van der Waals surface area contributed by atoms with E-state index in [-0.39, 0.29) is 52.3 Å². The van der Waals surface area contributed by atoms with Crippen LogP contribution in [0.3, 0.4) is 0 Å². The molecule has 5 atom stereocenters.